The number of methoxy groups -OCH3 is 1. The zero-order chi connectivity index (χ0) is 15.6. The van der Waals surface area contributed by atoms with Crippen LogP contribution in [-0.4, -0.2) is 67.1 Å². The van der Waals surface area contributed by atoms with E-state index < -0.39 is 11.4 Å². The summed E-state index contributed by atoms with van der Waals surface area (Å²) in [5, 5.41) is 12.1. The van der Waals surface area contributed by atoms with Gasteiger partial charge in [0, 0.05) is 26.8 Å². The lowest BCUT2D eigenvalue weighted by Gasteiger charge is -2.43. The lowest BCUT2D eigenvalue weighted by Crippen LogP contribution is -2.62. The van der Waals surface area contributed by atoms with Gasteiger partial charge in [0.05, 0.1) is 17.6 Å². The first kappa shape index (κ1) is 16.0. The molecule has 2 fully saturated rings. The van der Waals surface area contributed by atoms with Crippen molar-refractivity contribution >= 4 is 12.0 Å². The molecule has 2 rings (SSSR count). The van der Waals surface area contributed by atoms with Crippen LogP contribution < -0.4 is 5.32 Å². The lowest BCUT2D eigenvalue weighted by atomic mass is 9.85. The summed E-state index contributed by atoms with van der Waals surface area (Å²) in [7, 11) is 1.60. The van der Waals surface area contributed by atoms with Gasteiger partial charge in [-0.05, 0) is 26.7 Å². The van der Waals surface area contributed by atoms with Crippen molar-refractivity contribution in [2.24, 2.45) is 5.41 Å². The number of amides is 2. The smallest absolute Gasteiger partial charge is 0.317 e. The van der Waals surface area contributed by atoms with Crippen LogP contribution in [0.15, 0.2) is 0 Å². The Morgan fingerprint density at radius 3 is 2.71 bits per heavy atom. The summed E-state index contributed by atoms with van der Waals surface area (Å²) in [4.78, 5) is 25.0. The molecule has 4 unspecified atom stereocenters. The van der Waals surface area contributed by atoms with Crippen LogP contribution in [0.5, 0.6) is 0 Å². The number of aliphatic carboxylic acids is 1. The highest BCUT2D eigenvalue weighted by Crippen LogP contribution is 2.31. The molecule has 0 aromatic heterocycles. The monoisotopic (exact) mass is 300 g/mol. The summed E-state index contributed by atoms with van der Waals surface area (Å²) in [5.74, 6) is -0.854. The molecule has 7 nitrogen and oxygen atoms in total. The van der Waals surface area contributed by atoms with Gasteiger partial charge in [-0.1, -0.05) is 0 Å². The van der Waals surface area contributed by atoms with E-state index in [4.69, 9.17) is 9.47 Å². The quantitative estimate of drug-likeness (QED) is 0.779. The number of nitrogens with zero attached hydrogens (tertiary/aromatic N) is 1. The lowest BCUT2D eigenvalue weighted by molar-refractivity contribution is -0.147. The molecule has 1 heterocycles. The van der Waals surface area contributed by atoms with E-state index in [0.29, 0.717) is 19.6 Å². The van der Waals surface area contributed by atoms with Gasteiger partial charge in [-0.3, -0.25) is 4.79 Å². The molecule has 0 bridgehead atoms. The van der Waals surface area contributed by atoms with Gasteiger partial charge >= 0.3 is 12.0 Å². The average Bonchev–Trinajstić information content (AvgIpc) is 2.82. The van der Waals surface area contributed by atoms with Crippen LogP contribution in [-0.2, 0) is 14.3 Å². The Morgan fingerprint density at radius 1 is 1.48 bits per heavy atom. The fourth-order valence-electron chi connectivity index (χ4n) is 2.97. The van der Waals surface area contributed by atoms with Gasteiger partial charge < -0.3 is 24.8 Å². The van der Waals surface area contributed by atoms with Crippen LogP contribution in [0.3, 0.4) is 0 Å². The molecule has 120 valence electrons. The van der Waals surface area contributed by atoms with Gasteiger partial charge in [-0.2, -0.15) is 0 Å². The third kappa shape index (κ3) is 3.13. The van der Waals surface area contributed by atoms with E-state index in [9.17, 15) is 14.7 Å². The molecule has 2 N–H and O–H groups in total. The number of urea groups is 1. The number of carboxylic acid groups (broad SMARTS) is 1. The van der Waals surface area contributed by atoms with Gasteiger partial charge in [0.15, 0.2) is 0 Å². The molecular formula is C14H24N2O5. The Hall–Kier alpha value is -1.34. The summed E-state index contributed by atoms with van der Waals surface area (Å²) in [5.41, 5.74) is -0.842. The number of likely N-dealkylation sites (tertiary alicyclic amines) is 1. The molecule has 4 atom stereocenters. The van der Waals surface area contributed by atoms with Crippen molar-refractivity contribution in [1.29, 1.82) is 0 Å². The summed E-state index contributed by atoms with van der Waals surface area (Å²) in [6.45, 7) is 4.93. The minimum atomic E-state index is -0.854. The summed E-state index contributed by atoms with van der Waals surface area (Å²) in [6.07, 6.45) is 1.09. The van der Waals surface area contributed by atoms with E-state index in [-0.39, 0.29) is 30.8 Å². The van der Waals surface area contributed by atoms with E-state index in [1.165, 1.54) is 0 Å². The second-order valence-electron chi connectivity index (χ2n) is 6.02. The molecule has 1 saturated carbocycles. The maximum Gasteiger partial charge on any atom is 0.317 e. The van der Waals surface area contributed by atoms with Crippen molar-refractivity contribution in [2.75, 3.05) is 26.8 Å². The Bertz CT molecular complexity index is 416. The zero-order valence-corrected chi connectivity index (χ0v) is 12.8. The molecule has 0 aromatic carbocycles. The third-order valence-electron chi connectivity index (χ3n) is 4.49. The fraction of sp³-hybridized carbons (Fsp3) is 0.857. The molecule has 0 aromatic rings. The Labute approximate surface area is 124 Å². The number of carbonyl (C=O) groups excluding carboxylic acids is 1. The van der Waals surface area contributed by atoms with Crippen molar-refractivity contribution in [1.82, 2.24) is 10.2 Å². The number of carbonyl (C=O) groups is 2. The molecular weight excluding hydrogens is 276 g/mol. The Balaban J connectivity index is 1.85. The molecule has 2 aliphatic rings. The first-order valence-corrected chi connectivity index (χ1v) is 7.34. The standard InChI is InChI=1S/C14H24N2O5/c1-4-21-10-7-9(11(10)20-3)15-13(19)16-6-5-14(2,8-16)12(17)18/h9-11H,4-8H2,1-3H3,(H,15,19)(H,17,18). The highest BCUT2D eigenvalue weighted by Gasteiger charge is 2.46. The van der Waals surface area contributed by atoms with Crippen LogP contribution in [0.1, 0.15) is 26.7 Å². The number of ether oxygens (including phenoxy) is 2. The van der Waals surface area contributed by atoms with E-state index in [1.54, 1.807) is 18.9 Å². The predicted molar refractivity (Wildman–Crippen MR) is 75.1 cm³/mol. The van der Waals surface area contributed by atoms with E-state index in [2.05, 4.69) is 5.32 Å². The van der Waals surface area contributed by atoms with Gasteiger partial charge in [-0.25, -0.2) is 4.79 Å². The molecule has 0 radical (unpaired) electrons. The van der Waals surface area contributed by atoms with Gasteiger partial charge in [0.1, 0.15) is 6.10 Å². The van der Waals surface area contributed by atoms with Crippen molar-refractivity contribution in [3.05, 3.63) is 0 Å². The average molecular weight is 300 g/mol. The third-order valence-corrected chi connectivity index (χ3v) is 4.49. The molecule has 1 aliphatic carbocycles. The highest BCUT2D eigenvalue weighted by molar-refractivity contribution is 5.79. The second kappa shape index (κ2) is 6.19. The van der Waals surface area contributed by atoms with E-state index in [0.717, 1.165) is 6.42 Å². The van der Waals surface area contributed by atoms with E-state index >= 15 is 0 Å². The molecule has 21 heavy (non-hydrogen) atoms. The maximum atomic E-state index is 12.2. The minimum Gasteiger partial charge on any atom is -0.481 e. The first-order chi connectivity index (χ1) is 9.91. The van der Waals surface area contributed by atoms with E-state index in [1.807, 2.05) is 6.92 Å². The topological polar surface area (TPSA) is 88.1 Å². The summed E-state index contributed by atoms with van der Waals surface area (Å²) in [6, 6.07) is -0.294. The minimum absolute atomic E-state index is 0.0214. The first-order valence-electron chi connectivity index (χ1n) is 7.34. The summed E-state index contributed by atoms with van der Waals surface area (Å²) >= 11 is 0. The zero-order valence-electron chi connectivity index (χ0n) is 12.8. The SMILES string of the molecule is CCOC1CC(NC(=O)N2CCC(C)(C(=O)O)C2)C1OC. The highest BCUT2D eigenvalue weighted by atomic mass is 16.5. The number of hydrogen-bond donors (Lipinski definition) is 2. The molecule has 7 heteroatoms. The van der Waals surface area contributed by atoms with Crippen molar-refractivity contribution in [2.45, 2.75) is 44.9 Å². The molecule has 0 spiro atoms. The molecule has 1 aliphatic heterocycles. The second-order valence-corrected chi connectivity index (χ2v) is 6.02. The van der Waals surface area contributed by atoms with Crippen LogP contribution >= 0.6 is 0 Å². The number of hydrogen-bond acceptors (Lipinski definition) is 4. The predicted octanol–water partition coefficient (Wildman–Crippen LogP) is 0.685. The molecule has 2 amide bonds. The van der Waals surface area contributed by atoms with Crippen LogP contribution in [0.25, 0.3) is 0 Å². The van der Waals surface area contributed by atoms with Crippen molar-refractivity contribution < 1.29 is 24.2 Å². The maximum absolute atomic E-state index is 12.2. The number of nitrogens with one attached hydrogen (secondary N) is 1. The van der Waals surface area contributed by atoms with Gasteiger partial charge in [-0.15, -0.1) is 0 Å². The van der Waals surface area contributed by atoms with Crippen LogP contribution in [0, 0.1) is 5.41 Å². The number of rotatable bonds is 5. The normalized spacial score (nSPS) is 35.4. The van der Waals surface area contributed by atoms with Crippen LogP contribution in [0.4, 0.5) is 4.79 Å². The fourth-order valence-corrected chi connectivity index (χ4v) is 2.97. The summed E-state index contributed by atoms with van der Waals surface area (Å²) < 4.78 is 10.9. The molecule has 1 saturated heterocycles. The van der Waals surface area contributed by atoms with Crippen LogP contribution in [0.2, 0.25) is 0 Å². The largest absolute Gasteiger partial charge is 0.481 e. The number of carboxylic acids is 1. The van der Waals surface area contributed by atoms with Crippen molar-refractivity contribution in [3.8, 4) is 0 Å². The van der Waals surface area contributed by atoms with Gasteiger partial charge in [0.25, 0.3) is 0 Å². The Morgan fingerprint density at radius 2 is 2.19 bits per heavy atom. The Kier molecular flexibility index (Phi) is 4.73. The van der Waals surface area contributed by atoms with Gasteiger partial charge in [0.2, 0.25) is 0 Å². The van der Waals surface area contributed by atoms with Crippen molar-refractivity contribution in [3.63, 3.8) is 0 Å².